The number of nitrogens with zero attached hydrogens (tertiary/aromatic N) is 3. The largest absolute Gasteiger partial charge is 0.379 e. The van der Waals surface area contributed by atoms with Crippen molar-refractivity contribution in [2.45, 2.75) is 45.8 Å². The van der Waals surface area contributed by atoms with Crippen LogP contribution < -0.4 is 0 Å². The summed E-state index contributed by atoms with van der Waals surface area (Å²) in [4.78, 5) is 9.83. The summed E-state index contributed by atoms with van der Waals surface area (Å²) in [5.41, 5.74) is 3.66. The Morgan fingerprint density at radius 3 is 2.67 bits per heavy atom. The molecule has 2 aliphatic heterocycles. The maximum atomic E-state index is 5.48. The van der Waals surface area contributed by atoms with E-state index in [0.29, 0.717) is 12.1 Å². The first kappa shape index (κ1) is 14.9. The summed E-state index contributed by atoms with van der Waals surface area (Å²) in [6.07, 6.45) is 1.28. The van der Waals surface area contributed by atoms with Gasteiger partial charge in [0.1, 0.15) is 0 Å². The highest BCUT2D eigenvalue weighted by atomic mass is 16.5. The van der Waals surface area contributed by atoms with Crippen LogP contribution in [0, 0.1) is 13.8 Å². The van der Waals surface area contributed by atoms with E-state index in [9.17, 15) is 0 Å². The van der Waals surface area contributed by atoms with Gasteiger partial charge in [-0.15, -0.1) is 0 Å². The minimum atomic E-state index is 0.615. The fourth-order valence-corrected chi connectivity index (χ4v) is 3.71. The second-order valence-electron chi connectivity index (χ2n) is 6.41. The van der Waals surface area contributed by atoms with Crippen molar-refractivity contribution in [3.8, 4) is 0 Å². The second kappa shape index (κ2) is 6.42. The Morgan fingerprint density at radius 1 is 1.19 bits per heavy atom. The summed E-state index contributed by atoms with van der Waals surface area (Å²) in [5, 5.41) is 0. The van der Waals surface area contributed by atoms with Gasteiger partial charge in [0, 0.05) is 49.7 Å². The topological polar surface area (TPSA) is 28.6 Å². The third kappa shape index (κ3) is 3.28. The average molecular weight is 289 g/mol. The van der Waals surface area contributed by atoms with Crippen LogP contribution in [-0.2, 0) is 11.3 Å². The molecule has 2 fully saturated rings. The van der Waals surface area contributed by atoms with Gasteiger partial charge in [0.05, 0.1) is 13.2 Å². The van der Waals surface area contributed by atoms with Gasteiger partial charge in [0.2, 0.25) is 0 Å². The molecular weight excluding hydrogens is 262 g/mol. The van der Waals surface area contributed by atoms with E-state index < -0.39 is 0 Å². The molecule has 0 bridgehead atoms. The van der Waals surface area contributed by atoms with Crippen LogP contribution in [0.5, 0.6) is 0 Å². The molecule has 116 valence electrons. The lowest BCUT2D eigenvalue weighted by Gasteiger charge is -2.36. The number of likely N-dealkylation sites (tertiary alicyclic amines) is 1. The zero-order chi connectivity index (χ0) is 14.8. The summed E-state index contributed by atoms with van der Waals surface area (Å²) >= 11 is 0. The first-order valence-corrected chi connectivity index (χ1v) is 8.14. The molecule has 0 spiro atoms. The molecule has 3 rings (SSSR count). The molecule has 1 aromatic heterocycles. The second-order valence-corrected chi connectivity index (χ2v) is 6.41. The van der Waals surface area contributed by atoms with Crippen molar-refractivity contribution < 1.29 is 4.74 Å². The molecule has 0 N–H and O–H groups in total. The van der Waals surface area contributed by atoms with E-state index in [0.717, 1.165) is 38.5 Å². The smallest absolute Gasteiger partial charge is 0.0594 e. The number of ether oxygens (including phenoxy) is 1. The number of hydrogen-bond acceptors (Lipinski definition) is 4. The van der Waals surface area contributed by atoms with E-state index in [1.165, 1.54) is 24.2 Å². The lowest BCUT2D eigenvalue weighted by Crippen LogP contribution is -2.48. The van der Waals surface area contributed by atoms with E-state index in [1.807, 2.05) is 0 Å². The van der Waals surface area contributed by atoms with Crippen LogP contribution in [0.4, 0.5) is 0 Å². The molecule has 4 nitrogen and oxygen atoms in total. The predicted octanol–water partition coefficient (Wildman–Crippen LogP) is 1.99. The summed E-state index contributed by atoms with van der Waals surface area (Å²) in [5.74, 6) is 0. The number of aromatic nitrogens is 1. The molecular formula is C17H27N3O. The Hall–Kier alpha value is -0.970. The van der Waals surface area contributed by atoms with Crippen molar-refractivity contribution in [3.63, 3.8) is 0 Å². The van der Waals surface area contributed by atoms with Gasteiger partial charge in [-0.1, -0.05) is 6.07 Å². The van der Waals surface area contributed by atoms with Crippen LogP contribution in [0.1, 0.15) is 30.3 Å². The third-order valence-corrected chi connectivity index (χ3v) is 5.07. The zero-order valence-corrected chi connectivity index (χ0v) is 13.5. The van der Waals surface area contributed by atoms with Crippen LogP contribution >= 0.6 is 0 Å². The number of morpholine rings is 1. The first-order chi connectivity index (χ1) is 10.1. The molecule has 0 amide bonds. The Balaban J connectivity index is 1.64. The van der Waals surface area contributed by atoms with Crippen molar-refractivity contribution >= 4 is 0 Å². The standard InChI is InChI=1S/C17H27N3O/c1-13-4-5-16(14(2)18-13)12-20-7-6-17(15(20)3)19-8-10-21-11-9-19/h4-5,15,17H,6-12H2,1-3H3/t15-,17-/m1/s1. The third-order valence-electron chi connectivity index (χ3n) is 5.07. The zero-order valence-electron chi connectivity index (χ0n) is 13.5. The van der Waals surface area contributed by atoms with Crippen molar-refractivity contribution in [2.24, 2.45) is 0 Å². The van der Waals surface area contributed by atoms with Crippen LogP contribution in [0.15, 0.2) is 12.1 Å². The Labute approximate surface area is 128 Å². The highest BCUT2D eigenvalue weighted by Gasteiger charge is 2.35. The number of aryl methyl sites for hydroxylation is 2. The van der Waals surface area contributed by atoms with Crippen molar-refractivity contribution in [1.29, 1.82) is 0 Å². The van der Waals surface area contributed by atoms with Crippen molar-refractivity contribution in [3.05, 3.63) is 29.1 Å². The lowest BCUT2D eigenvalue weighted by atomic mass is 10.1. The highest BCUT2D eigenvalue weighted by Crippen LogP contribution is 2.25. The van der Waals surface area contributed by atoms with Gasteiger partial charge in [-0.05, 0) is 38.8 Å². The molecule has 3 heterocycles. The summed E-state index contributed by atoms with van der Waals surface area (Å²) in [7, 11) is 0. The Bertz CT molecular complexity index is 485. The summed E-state index contributed by atoms with van der Waals surface area (Å²) in [6, 6.07) is 5.67. The average Bonchev–Trinajstić information content (AvgIpc) is 2.84. The van der Waals surface area contributed by atoms with Gasteiger partial charge in [-0.25, -0.2) is 0 Å². The minimum absolute atomic E-state index is 0.615. The molecule has 0 aromatic carbocycles. The van der Waals surface area contributed by atoms with Crippen molar-refractivity contribution in [2.75, 3.05) is 32.8 Å². The van der Waals surface area contributed by atoms with E-state index in [1.54, 1.807) is 0 Å². The summed E-state index contributed by atoms with van der Waals surface area (Å²) < 4.78 is 5.48. The maximum Gasteiger partial charge on any atom is 0.0594 e. The van der Waals surface area contributed by atoms with Gasteiger partial charge in [-0.2, -0.15) is 0 Å². The molecule has 0 saturated carbocycles. The lowest BCUT2D eigenvalue weighted by molar-refractivity contribution is 0.00982. The van der Waals surface area contributed by atoms with Crippen LogP contribution in [0.3, 0.4) is 0 Å². The fraction of sp³-hybridized carbons (Fsp3) is 0.706. The molecule has 4 heteroatoms. The van der Waals surface area contributed by atoms with Gasteiger partial charge in [0.15, 0.2) is 0 Å². The minimum Gasteiger partial charge on any atom is -0.379 e. The Kier molecular flexibility index (Phi) is 4.57. The van der Waals surface area contributed by atoms with E-state index in [-0.39, 0.29) is 0 Å². The normalized spacial score (nSPS) is 28.1. The number of pyridine rings is 1. The molecule has 0 unspecified atom stereocenters. The van der Waals surface area contributed by atoms with Gasteiger partial charge < -0.3 is 4.74 Å². The van der Waals surface area contributed by atoms with Crippen LogP contribution in [0.25, 0.3) is 0 Å². The quantitative estimate of drug-likeness (QED) is 0.851. The summed E-state index contributed by atoms with van der Waals surface area (Å²) in [6.45, 7) is 12.8. The van der Waals surface area contributed by atoms with E-state index in [2.05, 4.69) is 47.7 Å². The molecule has 0 radical (unpaired) electrons. The number of hydrogen-bond donors (Lipinski definition) is 0. The maximum absolute atomic E-state index is 5.48. The highest BCUT2D eigenvalue weighted by molar-refractivity contribution is 5.21. The molecule has 21 heavy (non-hydrogen) atoms. The molecule has 2 saturated heterocycles. The SMILES string of the molecule is Cc1ccc(CN2CC[C@@H](N3CCOCC3)[C@H]2C)c(C)n1. The Morgan fingerprint density at radius 2 is 1.95 bits per heavy atom. The fourth-order valence-electron chi connectivity index (χ4n) is 3.71. The predicted molar refractivity (Wildman–Crippen MR) is 84.4 cm³/mol. The van der Waals surface area contributed by atoms with Gasteiger partial charge >= 0.3 is 0 Å². The van der Waals surface area contributed by atoms with Crippen LogP contribution in [0.2, 0.25) is 0 Å². The number of rotatable bonds is 3. The first-order valence-electron chi connectivity index (χ1n) is 8.14. The monoisotopic (exact) mass is 289 g/mol. The van der Waals surface area contributed by atoms with E-state index in [4.69, 9.17) is 4.74 Å². The van der Waals surface area contributed by atoms with Gasteiger partial charge in [0.25, 0.3) is 0 Å². The van der Waals surface area contributed by atoms with Crippen molar-refractivity contribution in [1.82, 2.24) is 14.8 Å². The van der Waals surface area contributed by atoms with E-state index >= 15 is 0 Å². The molecule has 0 aliphatic carbocycles. The molecule has 2 aliphatic rings. The molecule has 1 aromatic rings. The van der Waals surface area contributed by atoms with Gasteiger partial charge in [-0.3, -0.25) is 14.8 Å². The van der Waals surface area contributed by atoms with Crippen LogP contribution in [-0.4, -0.2) is 59.7 Å². The molecule has 2 atom stereocenters.